The molecule has 1 aliphatic rings. The molecule has 1 aliphatic carbocycles. The monoisotopic (exact) mass is 411 g/mol. The largest absolute Gasteiger partial charge is 0.416 e. The Balaban J connectivity index is 2.02. The van der Waals surface area contributed by atoms with Gasteiger partial charge in [-0.1, -0.05) is 0 Å². The Morgan fingerprint density at radius 1 is 0.960 bits per heavy atom. The second-order valence-electron chi connectivity index (χ2n) is 5.18. The van der Waals surface area contributed by atoms with E-state index in [9.17, 15) is 22.8 Å². The van der Waals surface area contributed by atoms with Crippen LogP contribution >= 0.6 is 15.9 Å². The van der Waals surface area contributed by atoms with E-state index in [2.05, 4.69) is 25.9 Å². The van der Waals surface area contributed by atoms with Crippen molar-refractivity contribution >= 4 is 33.2 Å². The van der Waals surface area contributed by atoms with Gasteiger partial charge in [0.1, 0.15) is 17.1 Å². The molecule has 0 N–H and O–H groups in total. The lowest BCUT2D eigenvalue weighted by molar-refractivity contribution is -0.137. The number of hydrogen-bond donors (Lipinski definition) is 0. The molecule has 1 heterocycles. The molecule has 0 amide bonds. The van der Waals surface area contributed by atoms with Crippen molar-refractivity contribution in [2.75, 3.05) is 11.9 Å². The van der Waals surface area contributed by atoms with Crippen LogP contribution in [0.4, 0.5) is 18.9 Å². The van der Waals surface area contributed by atoms with Crippen LogP contribution in [0.1, 0.15) is 26.5 Å². The lowest BCUT2D eigenvalue weighted by Crippen LogP contribution is -2.32. The van der Waals surface area contributed by atoms with Gasteiger partial charge in [0.25, 0.3) is 0 Å². The van der Waals surface area contributed by atoms with Crippen LogP contribution in [0.2, 0.25) is 0 Å². The van der Waals surface area contributed by atoms with E-state index in [0.717, 1.165) is 12.1 Å². The summed E-state index contributed by atoms with van der Waals surface area (Å²) in [5, 5.41) is 0. The summed E-state index contributed by atoms with van der Waals surface area (Å²) < 4.78 is 38.0. The minimum Gasteiger partial charge on any atom is -0.340 e. The van der Waals surface area contributed by atoms with Gasteiger partial charge < -0.3 is 4.90 Å². The molecular formula is C16H9BrF3N3O2. The Labute approximate surface area is 148 Å². The summed E-state index contributed by atoms with van der Waals surface area (Å²) in [5.41, 5.74) is -0.667. The number of ketones is 2. The highest BCUT2D eigenvalue weighted by atomic mass is 79.9. The number of carbonyl (C=O) groups excluding carboxylic acids is 2. The van der Waals surface area contributed by atoms with E-state index in [0.29, 0.717) is 5.69 Å². The maximum absolute atomic E-state index is 12.7. The number of benzene rings is 1. The molecule has 2 aromatic rings. The smallest absolute Gasteiger partial charge is 0.340 e. The topological polar surface area (TPSA) is 63.2 Å². The molecule has 0 saturated carbocycles. The quantitative estimate of drug-likeness (QED) is 0.754. The molecule has 128 valence electrons. The SMILES string of the molecule is CN(C1=C(Br)C(=O)c2nccnc2C1=O)c1ccc(C(F)(F)F)cc1. The molecule has 0 fully saturated rings. The molecule has 1 aromatic heterocycles. The number of rotatable bonds is 2. The number of likely N-dealkylation sites (N-methyl/N-ethyl adjacent to an activating group) is 1. The number of aromatic nitrogens is 2. The Kier molecular flexibility index (Phi) is 4.19. The molecule has 9 heteroatoms. The molecule has 1 aromatic carbocycles. The summed E-state index contributed by atoms with van der Waals surface area (Å²) in [6.45, 7) is 0. The number of anilines is 1. The molecule has 3 rings (SSSR count). The van der Waals surface area contributed by atoms with Crippen LogP contribution in [0.15, 0.2) is 46.8 Å². The average molecular weight is 412 g/mol. The number of fused-ring (bicyclic) bond motifs is 1. The third-order valence-electron chi connectivity index (χ3n) is 3.67. The number of halogens is 4. The zero-order valence-corrected chi connectivity index (χ0v) is 14.2. The van der Waals surface area contributed by atoms with E-state index in [4.69, 9.17) is 0 Å². The second-order valence-corrected chi connectivity index (χ2v) is 5.97. The van der Waals surface area contributed by atoms with Crippen LogP contribution in [-0.2, 0) is 6.18 Å². The summed E-state index contributed by atoms with van der Waals surface area (Å²) in [5.74, 6) is -1.06. The number of alkyl halides is 3. The van der Waals surface area contributed by atoms with Crippen LogP contribution in [-0.4, -0.2) is 28.6 Å². The van der Waals surface area contributed by atoms with Gasteiger partial charge in [0.2, 0.25) is 11.6 Å². The van der Waals surface area contributed by atoms with E-state index in [1.54, 1.807) is 0 Å². The Bertz CT molecular complexity index is 908. The van der Waals surface area contributed by atoms with E-state index in [1.165, 1.54) is 36.5 Å². The number of nitrogens with zero attached hydrogens (tertiary/aromatic N) is 3. The van der Waals surface area contributed by atoms with Gasteiger partial charge in [-0.2, -0.15) is 13.2 Å². The molecule has 0 unspecified atom stereocenters. The zero-order valence-electron chi connectivity index (χ0n) is 12.6. The molecule has 0 saturated heterocycles. The fourth-order valence-electron chi connectivity index (χ4n) is 2.40. The standard InChI is InChI=1S/C16H9BrF3N3O2/c1-23(9-4-2-8(3-5-9)16(18,19)20)13-10(17)14(24)11-12(15(13)25)22-7-6-21-11/h2-7H,1H3. The number of allylic oxidation sites excluding steroid dienone is 2. The summed E-state index contributed by atoms with van der Waals surface area (Å²) >= 11 is 3.09. The maximum Gasteiger partial charge on any atom is 0.416 e. The highest BCUT2D eigenvalue weighted by Gasteiger charge is 2.36. The molecule has 25 heavy (non-hydrogen) atoms. The predicted octanol–water partition coefficient (Wildman–Crippen LogP) is 3.62. The van der Waals surface area contributed by atoms with Crippen molar-refractivity contribution in [2.45, 2.75) is 6.18 Å². The van der Waals surface area contributed by atoms with E-state index in [-0.39, 0.29) is 21.6 Å². The van der Waals surface area contributed by atoms with Gasteiger partial charge in [-0.25, -0.2) is 9.97 Å². The van der Waals surface area contributed by atoms with Crippen molar-refractivity contribution in [1.29, 1.82) is 0 Å². The second kappa shape index (κ2) is 6.07. The van der Waals surface area contributed by atoms with Crippen molar-refractivity contribution in [3.63, 3.8) is 0 Å². The third-order valence-corrected chi connectivity index (χ3v) is 4.40. The first-order valence-corrected chi connectivity index (χ1v) is 7.72. The molecule has 0 radical (unpaired) electrons. The highest BCUT2D eigenvalue weighted by Crippen LogP contribution is 2.34. The van der Waals surface area contributed by atoms with E-state index >= 15 is 0 Å². The molecule has 0 atom stereocenters. The maximum atomic E-state index is 12.7. The third kappa shape index (κ3) is 2.95. The van der Waals surface area contributed by atoms with Gasteiger partial charge in [-0.05, 0) is 40.2 Å². The predicted molar refractivity (Wildman–Crippen MR) is 86.5 cm³/mol. The van der Waals surface area contributed by atoms with Gasteiger partial charge in [-0.3, -0.25) is 9.59 Å². The molecular weight excluding hydrogens is 403 g/mol. The van der Waals surface area contributed by atoms with Crippen LogP contribution in [0.5, 0.6) is 0 Å². The lowest BCUT2D eigenvalue weighted by atomic mass is 10.0. The first-order chi connectivity index (χ1) is 11.7. The Morgan fingerprint density at radius 3 is 2.00 bits per heavy atom. The molecule has 0 aliphatic heterocycles. The van der Waals surface area contributed by atoms with E-state index < -0.39 is 23.3 Å². The van der Waals surface area contributed by atoms with Crippen molar-refractivity contribution in [3.8, 4) is 0 Å². The minimum absolute atomic E-state index is 0.0160. The van der Waals surface area contributed by atoms with Crippen molar-refractivity contribution in [1.82, 2.24) is 9.97 Å². The summed E-state index contributed by atoms with van der Waals surface area (Å²) in [7, 11) is 1.48. The van der Waals surface area contributed by atoms with Crippen molar-refractivity contribution in [3.05, 3.63) is 63.8 Å². The molecule has 5 nitrogen and oxygen atoms in total. The van der Waals surface area contributed by atoms with Crippen molar-refractivity contribution < 1.29 is 22.8 Å². The van der Waals surface area contributed by atoms with Gasteiger partial charge in [-0.15, -0.1) is 0 Å². The van der Waals surface area contributed by atoms with Gasteiger partial charge in [0.05, 0.1) is 10.0 Å². The van der Waals surface area contributed by atoms with Gasteiger partial charge in [0, 0.05) is 25.1 Å². The van der Waals surface area contributed by atoms with E-state index in [1.807, 2.05) is 0 Å². The summed E-state index contributed by atoms with van der Waals surface area (Å²) in [6, 6.07) is 4.26. The number of Topliss-reactive ketones (excluding diaryl/α,β-unsaturated/α-hetero) is 2. The van der Waals surface area contributed by atoms with Gasteiger partial charge in [0.15, 0.2) is 0 Å². The first kappa shape index (κ1) is 17.3. The van der Waals surface area contributed by atoms with Crippen LogP contribution < -0.4 is 4.90 Å². The fourth-order valence-corrected chi connectivity index (χ4v) is 3.03. The Morgan fingerprint density at radius 2 is 1.48 bits per heavy atom. The molecule has 0 bridgehead atoms. The fraction of sp³-hybridized carbons (Fsp3) is 0.125. The van der Waals surface area contributed by atoms with Crippen LogP contribution in [0.25, 0.3) is 0 Å². The minimum atomic E-state index is -4.46. The first-order valence-electron chi connectivity index (χ1n) is 6.93. The number of carbonyl (C=O) groups is 2. The molecule has 0 spiro atoms. The van der Waals surface area contributed by atoms with Crippen LogP contribution in [0, 0.1) is 0 Å². The zero-order chi connectivity index (χ0) is 18.4. The Hall–Kier alpha value is -2.55. The highest BCUT2D eigenvalue weighted by molar-refractivity contribution is 9.12. The van der Waals surface area contributed by atoms with Gasteiger partial charge >= 0.3 is 6.18 Å². The van der Waals surface area contributed by atoms with Crippen molar-refractivity contribution in [2.24, 2.45) is 0 Å². The van der Waals surface area contributed by atoms with Crippen LogP contribution in [0.3, 0.4) is 0 Å². The average Bonchev–Trinajstić information content (AvgIpc) is 2.59. The summed E-state index contributed by atoms with van der Waals surface area (Å²) in [4.78, 5) is 34.1. The summed E-state index contributed by atoms with van der Waals surface area (Å²) in [6.07, 6.45) is -1.87. The lowest BCUT2D eigenvalue weighted by Gasteiger charge is -2.26. The normalized spacial score (nSPS) is 14.6. The number of hydrogen-bond acceptors (Lipinski definition) is 5.